The predicted molar refractivity (Wildman–Crippen MR) is 220 cm³/mol. The van der Waals surface area contributed by atoms with Crippen molar-refractivity contribution in [2.75, 3.05) is 21.3 Å². The van der Waals surface area contributed by atoms with Crippen molar-refractivity contribution in [3.63, 3.8) is 0 Å². The van der Waals surface area contributed by atoms with E-state index in [4.69, 9.17) is 14.2 Å². The largest absolute Gasteiger partial charge is 0.493 e. The smallest absolute Gasteiger partial charge is 0.203 e. The molecular formula is C47H33FN6O3. The molecule has 9 nitrogen and oxygen atoms in total. The van der Waals surface area contributed by atoms with E-state index in [2.05, 4.69) is 32.1 Å². The van der Waals surface area contributed by atoms with E-state index in [1.807, 2.05) is 66.9 Å². The van der Waals surface area contributed by atoms with E-state index < -0.39 is 0 Å². The van der Waals surface area contributed by atoms with Gasteiger partial charge in [0.1, 0.15) is 18.0 Å². The number of aromatic nitrogens is 4. The quantitative estimate of drug-likeness (QED) is 0.105. The van der Waals surface area contributed by atoms with Crippen LogP contribution in [-0.4, -0.2) is 41.3 Å². The van der Waals surface area contributed by atoms with E-state index in [1.54, 1.807) is 76.6 Å². The molecule has 4 aromatic carbocycles. The maximum atomic E-state index is 13.8. The Hall–Kier alpha value is -7.95. The van der Waals surface area contributed by atoms with Gasteiger partial charge in [0.25, 0.3) is 0 Å². The summed E-state index contributed by atoms with van der Waals surface area (Å²) in [5.41, 5.74) is 9.07. The minimum absolute atomic E-state index is 0.315. The third-order valence-electron chi connectivity index (χ3n) is 9.95. The van der Waals surface area contributed by atoms with Gasteiger partial charge in [0.15, 0.2) is 11.5 Å². The van der Waals surface area contributed by atoms with Crippen LogP contribution >= 0.6 is 0 Å². The Morgan fingerprint density at radius 2 is 1.05 bits per heavy atom. The summed E-state index contributed by atoms with van der Waals surface area (Å²) in [4.78, 5) is 15.6. The van der Waals surface area contributed by atoms with E-state index in [1.165, 1.54) is 12.1 Å². The molecule has 4 heterocycles. The third-order valence-corrected chi connectivity index (χ3v) is 9.95. The number of fused-ring (bicyclic) bond motifs is 2. The summed E-state index contributed by atoms with van der Waals surface area (Å²) in [6.45, 7) is 0. The molecule has 0 aliphatic carbocycles. The van der Waals surface area contributed by atoms with Crippen molar-refractivity contribution < 1.29 is 18.6 Å². The van der Waals surface area contributed by atoms with E-state index in [0.717, 1.165) is 44.1 Å². The number of H-pyrrole nitrogens is 2. The number of hydrogen-bond donors (Lipinski definition) is 2. The summed E-state index contributed by atoms with van der Waals surface area (Å²) >= 11 is 0. The van der Waals surface area contributed by atoms with Crippen molar-refractivity contribution >= 4 is 44.1 Å². The Morgan fingerprint density at radius 1 is 0.579 bits per heavy atom. The fraction of sp³-hybridized carbons (Fsp3) is 0.0638. The van der Waals surface area contributed by atoms with Gasteiger partial charge >= 0.3 is 0 Å². The fourth-order valence-corrected chi connectivity index (χ4v) is 7.25. The lowest BCUT2D eigenvalue weighted by Gasteiger charge is -2.18. The van der Waals surface area contributed by atoms with Gasteiger partial charge in [-0.2, -0.15) is 10.5 Å². The standard InChI is InChI=1S/C47H33FN6O3/c1-55-43-20-33(21-44(56-2)47(43)57-3)30-11-15-42-36(19-30)40(27-54-42)38(23-50)46(32-7-5-17-52-25-32)45(31-6-4-16-51-24-31)37(22-49)39-26-53-41-14-10-29(18-35(39)41)28-8-12-34(48)13-9-28/h4-21,24-27,53-54H,1-3H3/b45-37-,46-38-. The SMILES string of the molecule is COc1cc(-c2ccc3[nH]cc(/C(C#N)=C(\C(=C(\C#N)c4c[nH]c5ccc(-c6ccc(F)cc6)cc45)c4cccnc4)c4cccnc4)c3c2)cc(OC)c1OC. The summed E-state index contributed by atoms with van der Waals surface area (Å²) in [6, 6.07) is 34.3. The lowest BCUT2D eigenvalue weighted by atomic mass is 9.83. The van der Waals surface area contributed by atoms with Crippen molar-refractivity contribution in [3.8, 4) is 51.6 Å². The van der Waals surface area contributed by atoms with E-state index >= 15 is 0 Å². The Balaban J connectivity index is 1.42. The zero-order valence-corrected chi connectivity index (χ0v) is 31.1. The highest BCUT2D eigenvalue weighted by Gasteiger charge is 2.26. The molecule has 0 saturated carbocycles. The van der Waals surface area contributed by atoms with Crippen molar-refractivity contribution in [3.05, 3.63) is 162 Å². The Kier molecular flexibility index (Phi) is 9.75. The molecule has 2 N–H and O–H groups in total. The summed E-state index contributed by atoms with van der Waals surface area (Å²) in [5, 5.41) is 24.0. The minimum atomic E-state index is -0.325. The average molecular weight is 749 g/mol. The molecule has 0 amide bonds. The number of halogens is 1. The number of hydrogen-bond acceptors (Lipinski definition) is 7. The number of pyridine rings is 2. The van der Waals surface area contributed by atoms with Crippen LogP contribution in [0, 0.1) is 28.5 Å². The van der Waals surface area contributed by atoms with Crippen LogP contribution < -0.4 is 14.2 Å². The second-order valence-electron chi connectivity index (χ2n) is 13.1. The third kappa shape index (κ3) is 6.62. The predicted octanol–water partition coefficient (Wildman–Crippen LogP) is 10.5. The van der Waals surface area contributed by atoms with Crippen LogP contribution in [0.2, 0.25) is 0 Å². The van der Waals surface area contributed by atoms with E-state index in [9.17, 15) is 14.9 Å². The monoisotopic (exact) mass is 748 g/mol. The molecule has 0 aliphatic heterocycles. The highest BCUT2D eigenvalue weighted by atomic mass is 19.1. The normalized spacial score (nSPS) is 12.0. The second kappa shape index (κ2) is 15.4. The summed E-state index contributed by atoms with van der Waals surface area (Å²) < 4.78 is 30.7. The molecule has 8 aromatic rings. The lowest BCUT2D eigenvalue weighted by molar-refractivity contribution is 0.324. The zero-order chi connectivity index (χ0) is 39.5. The number of rotatable bonds is 10. The molecule has 57 heavy (non-hydrogen) atoms. The number of nitrogens with zero attached hydrogens (tertiary/aromatic N) is 4. The number of nitriles is 2. The fourth-order valence-electron chi connectivity index (χ4n) is 7.25. The summed E-state index contributed by atoms with van der Waals surface area (Å²) in [7, 11) is 4.70. The summed E-state index contributed by atoms with van der Waals surface area (Å²) in [6.07, 6.45) is 10.3. The molecule has 10 heteroatoms. The highest BCUT2D eigenvalue weighted by Crippen LogP contribution is 2.46. The Bertz CT molecular complexity index is 2910. The van der Waals surface area contributed by atoms with Crippen LogP contribution in [0.3, 0.4) is 0 Å². The van der Waals surface area contributed by atoms with E-state index in [0.29, 0.717) is 61.8 Å². The molecule has 0 atom stereocenters. The molecule has 0 spiro atoms. The van der Waals surface area contributed by atoms with Crippen molar-refractivity contribution in [2.24, 2.45) is 0 Å². The minimum Gasteiger partial charge on any atom is -0.493 e. The lowest BCUT2D eigenvalue weighted by Crippen LogP contribution is -2.00. The molecule has 4 aromatic heterocycles. The average Bonchev–Trinajstić information content (AvgIpc) is 3.89. The molecule has 0 bridgehead atoms. The first kappa shape index (κ1) is 36.0. The molecular weight excluding hydrogens is 716 g/mol. The first-order chi connectivity index (χ1) is 28.0. The van der Waals surface area contributed by atoms with Crippen molar-refractivity contribution in [1.82, 2.24) is 19.9 Å². The summed E-state index contributed by atoms with van der Waals surface area (Å²) in [5.74, 6) is 1.17. The second-order valence-corrected chi connectivity index (χ2v) is 13.1. The van der Waals surface area contributed by atoms with Gasteiger partial charge in [0, 0.05) is 92.4 Å². The van der Waals surface area contributed by atoms with Gasteiger partial charge in [-0.1, -0.05) is 36.4 Å². The number of methoxy groups -OCH3 is 3. The van der Waals surface area contributed by atoms with Crippen LogP contribution in [0.4, 0.5) is 4.39 Å². The number of ether oxygens (including phenoxy) is 3. The van der Waals surface area contributed by atoms with Gasteiger partial charge < -0.3 is 24.2 Å². The zero-order valence-electron chi connectivity index (χ0n) is 31.1. The van der Waals surface area contributed by atoms with Gasteiger partial charge in [-0.05, 0) is 82.9 Å². The van der Waals surface area contributed by atoms with Gasteiger partial charge in [-0.15, -0.1) is 0 Å². The van der Waals surface area contributed by atoms with Gasteiger partial charge in [-0.25, -0.2) is 4.39 Å². The number of allylic oxidation sites excluding steroid dienone is 4. The molecule has 276 valence electrons. The van der Waals surface area contributed by atoms with Crippen LogP contribution in [0.1, 0.15) is 22.3 Å². The maximum absolute atomic E-state index is 13.8. The maximum Gasteiger partial charge on any atom is 0.203 e. The molecule has 0 fully saturated rings. The first-order valence-corrected chi connectivity index (χ1v) is 17.9. The molecule has 0 aliphatic rings. The van der Waals surface area contributed by atoms with Gasteiger partial charge in [0.05, 0.1) is 32.5 Å². The molecule has 0 saturated heterocycles. The van der Waals surface area contributed by atoms with Crippen LogP contribution in [-0.2, 0) is 0 Å². The van der Waals surface area contributed by atoms with Gasteiger partial charge in [-0.3, -0.25) is 9.97 Å². The highest BCUT2D eigenvalue weighted by molar-refractivity contribution is 6.27. The molecule has 0 radical (unpaired) electrons. The number of aromatic amines is 2. The molecule has 8 rings (SSSR count). The Morgan fingerprint density at radius 3 is 1.47 bits per heavy atom. The van der Waals surface area contributed by atoms with Crippen LogP contribution in [0.15, 0.2) is 134 Å². The van der Waals surface area contributed by atoms with Crippen LogP contribution in [0.25, 0.3) is 66.4 Å². The first-order valence-electron chi connectivity index (χ1n) is 17.9. The van der Waals surface area contributed by atoms with E-state index in [-0.39, 0.29) is 5.82 Å². The topological polar surface area (TPSA) is 133 Å². The van der Waals surface area contributed by atoms with Gasteiger partial charge in [0.2, 0.25) is 5.75 Å². The molecule has 0 unspecified atom stereocenters. The van der Waals surface area contributed by atoms with Crippen molar-refractivity contribution in [1.29, 1.82) is 10.5 Å². The van der Waals surface area contributed by atoms with Crippen molar-refractivity contribution in [2.45, 2.75) is 0 Å². The number of nitrogens with one attached hydrogen (secondary N) is 2. The van der Waals surface area contributed by atoms with Crippen LogP contribution in [0.5, 0.6) is 17.2 Å². The number of benzene rings is 4. The Labute approximate surface area is 327 Å².